The Morgan fingerprint density at radius 2 is 1.75 bits per heavy atom. The highest BCUT2D eigenvalue weighted by Gasteiger charge is 2.74. The average molecular weight is 309 g/mol. The van der Waals surface area contributed by atoms with Gasteiger partial charge in [-0.05, 0) is 12.5 Å². The molecule has 12 heteroatoms. The number of hydrogen-bond donors (Lipinski definition) is 0. The van der Waals surface area contributed by atoms with Crippen LogP contribution < -0.4 is 0 Å². The van der Waals surface area contributed by atoms with E-state index < -0.39 is 35.8 Å². The van der Waals surface area contributed by atoms with Gasteiger partial charge in [-0.25, -0.2) is 4.79 Å². The standard InChI is InChI=1S/C8H6F7N3O2/c1-2-20-5(19)3-4(17-18-16)6(9,10)7(11,12)8(13,14)15/h3H,2H2,1H3/b4-3-. The van der Waals surface area contributed by atoms with E-state index in [-0.39, 0.29) is 6.61 Å². The number of esters is 1. The van der Waals surface area contributed by atoms with Gasteiger partial charge < -0.3 is 4.74 Å². The Bertz CT molecular complexity index is 451. The molecule has 0 saturated carbocycles. The van der Waals surface area contributed by atoms with E-state index >= 15 is 0 Å². The molecule has 0 aliphatic carbocycles. The second-order valence-corrected chi connectivity index (χ2v) is 3.12. The maximum atomic E-state index is 13.1. The van der Waals surface area contributed by atoms with Gasteiger partial charge in [-0.3, -0.25) is 0 Å². The van der Waals surface area contributed by atoms with Gasteiger partial charge in [0.25, 0.3) is 0 Å². The van der Waals surface area contributed by atoms with Gasteiger partial charge in [0.1, 0.15) is 0 Å². The van der Waals surface area contributed by atoms with Crippen molar-refractivity contribution in [3.8, 4) is 0 Å². The van der Waals surface area contributed by atoms with Crippen LogP contribution >= 0.6 is 0 Å². The van der Waals surface area contributed by atoms with Gasteiger partial charge >= 0.3 is 24.0 Å². The molecule has 0 aromatic rings. The second-order valence-electron chi connectivity index (χ2n) is 3.12. The van der Waals surface area contributed by atoms with Gasteiger partial charge in [0, 0.05) is 11.0 Å². The lowest BCUT2D eigenvalue weighted by Gasteiger charge is -2.28. The quantitative estimate of drug-likeness (QED) is 0.194. The first-order valence-electron chi connectivity index (χ1n) is 4.68. The van der Waals surface area contributed by atoms with Crippen LogP contribution in [0.25, 0.3) is 10.4 Å². The summed E-state index contributed by atoms with van der Waals surface area (Å²) in [7, 11) is 0. The molecule has 0 fully saturated rings. The molecule has 0 bridgehead atoms. The highest BCUT2D eigenvalue weighted by molar-refractivity contribution is 5.83. The molecule has 0 spiro atoms. The summed E-state index contributed by atoms with van der Waals surface area (Å²) in [5, 5.41) is 2.01. The Balaban J connectivity index is 5.82. The molecule has 0 aromatic carbocycles. The van der Waals surface area contributed by atoms with E-state index in [1.807, 2.05) is 5.11 Å². The van der Waals surface area contributed by atoms with Crippen molar-refractivity contribution in [1.82, 2.24) is 0 Å². The Labute approximate surface area is 106 Å². The van der Waals surface area contributed by atoms with Gasteiger partial charge in [0.15, 0.2) is 0 Å². The van der Waals surface area contributed by atoms with Crippen molar-refractivity contribution in [2.24, 2.45) is 5.11 Å². The van der Waals surface area contributed by atoms with Crippen molar-refractivity contribution in [2.45, 2.75) is 24.9 Å². The van der Waals surface area contributed by atoms with Crippen LogP contribution in [0.2, 0.25) is 0 Å². The number of carbonyl (C=O) groups is 1. The van der Waals surface area contributed by atoms with E-state index in [1.54, 1.807) is 4.91 Å². The first-order chi connectivity index (χ1) is 8.91. The molecule has 0 atom stereocenters. The van der Waals surface area contributed by atoms with Crippen LogP contribution in [0.5, 0.6) is 0 Å². The van der Waals surface area contributed by atoms with Crippen LogP contribution in [0, 0.1) is 0 Å². The van der Waals surface area contributed by atoms with E-state index in [1.165, 1.54) is 6.92 Å². The van der Waals surface area contributed by atoms with E-state index in [4.69, 9.17) is 5.53 Å². The third-order valence-corrected chi connectivity index (χ3v) is 1.77. The number of rotatable bonds is 5. The highest BCUT2D eigenvalue weighted by atomic mass is 19.4. The Morgan fingerprint density at radius 3 is 2.10 bits per heavy atom. The van der Waals surface area contributed by atoms with Crippen molar-refractivity contribution < 1.29 is 40.3 Å². The minimum atomic E-state index is -6.62. The molecule has 0 radical (unpaired) electrons. The van der Waals surface area contributed by atoms with Crippen LogP contribution in [0.1, 0.15) is 6.92 Å². The first kappa shape index (κ1) is 18.0. The number of azide groups is 1. The van der Waals surface area contributed by atoms with Gasteiger partial charge in [-0.1, -0.05) is 5.11 Å². The average Bonchev–Trinajstić information content (AvgIpc) is 2.26. The summed E-state index contributed by atoms with van der Waals surface area (Å²) in [6.45, 7) is 0.863. The molecule has 114 valence electrons. The molecular formula is C8H6F7N3O2. The molecule has 0 saturated heterocycles. The molecule has 0 amide bonds. The van der Waals surface area contributed by atoms with Crippen molar-refractivity contribution in [1.29, 1.82) is 0 Å². The third-order valence-electron chi connectivity index (χ3n) is 1.77. The van der Waals surface area contributed by atoms with Crippen molar-refractivity contribution in [3.63, 3.8) is 0 Å². The smallest absolute Gasteiger partial charge is 0.460 e. The maximum absolute atomic E-state index is 13.1. The van der Waals surface area contributed by atoms with Crippen LogP contribution in [0.15, 0.2) is 16.9 Å². The van der Waals surface area contributed by atoms with Gasteiger partial charge in [0.05, 0.1) is 12.3 Å². The van der Waals surface area contributed by atoms with Crippen LogP contribution in [-0.4, -0.2) is 30.6 Å². The Morgan fingerprint density at radius 1 is 1.25 bits per heavy atom. The fraction of sp³-hybridized carbons (Fsp3) is 0.625. The number of alkyl halides is 7. The number of hydrogen-bond acceptors (Lipinski definition) is 3. The topological polar surface area (TPSA) is 75.1 Å². The van der Waals surface area contributed by atoms with Crippen LogP contribution in [0.3, 0.4) is 0 Å². The molecule has 0 aliphatic heterocycles. The number of halogens is 7. The Hall–Kier alpha value is -1.97. The molecule has 0 heterocycles. The zero-order valence-electron chi connectivity index (χ0n) is 9.59. The summed E-state index contributed by atoms with van der Waals surface area (Å²) in [6, 6.07) is 0. The number of allylic oxidation sites excluding steroid dienone is 1. The predicted molar refractivity (Wildman–Crippen MR) is 49.8 cm³/mol. The SMILES string of the molecule is CCOC(=O)/C=C(\N=[N+]=[N-])C(F)(F)C(F)(F)C(F)(F)F. The summed E-state index contributed by atoms with van der Waals surface area (Å²) < 4.78 is 91.4. The third kappa shape index (κ3) is 3.53. The fourth-order valence-electron chi connectivity index (χ4n) is 0.865. The van der Waals surface area contributed by atoms with Crippen molar-refractivity contribution >= 4 is 5.97 Å². The van der Waals surface area contributed by atoms with E-state index in [2.05, 4.69) is 4.74 Å². The number of carbonyl (C=O) groups excluding carboxylic acids is 1. The zero-order chi connectivity index (χ0) is 16.2. The number of ether oxygens (including phenoxy) is 1. The maximum Gasteiger partial charge on any atom is 0.460 e. The van der Waals surface area contributed by atoms with Crippen molar-refractivity contribution in [3.05, 3.63) is 22.2 Å². The summed E-state index contributed by atoms with van der Waals surface area (Å²) in [5.74, 6) is -14.1. The lowest BCUT2D eigenvalue weighted by molar-refractivity contribution is -0.344. The number of nitrogens with zero attached hydrogens (tertiary/aromatic N) is 3. The molecule has 0 unspecified atom stereocenters. The Kier molecular flexibility index (Phi) is 5.40. The lowest BCUT2D eigenvalue weighted by atomic mass is 10.1. The van der Waals surface area contributed by atoms with Crippen molar-refractivity contribution in [2.75, 3.05) is 6.61 Å². The normalized spacial score (nSPS) is 13.7. The largest absolute Gasteiger partial charge is 0.463 e. The van der Waals surface area contributed by atoms with Gasteiger partial charge in [-0.2, -0.15) is 30.7 Å². The predicted octanol–water partition coefficient (Wildman–Crippen LogP) is 3.58. The van der Waals surface area contributed by atoms with E-state index in [9.17, 15) is 35.5 Å². The monoisotopic (exact) mass is 309 g/mol. The highest BCUT2D eigenvalue weighted by Crippen LogP contribution is 2.50. The zero-order valence-corrected chi connectivity index (χ0v) is 9.59. The molecule has 0 N–H and O–H groups in total. The second kappa shape index (κ2) is 5.99. The summed E-state index contributed by atoms with van der Waals surface area (Å²) in [5.41, 5.74) is 5.52. The minimum absolute atomic E-state index is 0.361. The lowest BCUT2D eigenvalue weighted by Crippen LogP contribution is -2.52. The molecule has 5 nitrogen and oxygen atoms in total. The molecular weight excluding hydrogens is 303 g/mol. The summed E-state index contributed by atoms with van der Waals surface area (Å²) in [4.78, 5) is 12.5. The molecule has 0 aliphatic rings. The van der Waals surface area contributed by atoms with Crippen LogP contribution in [0.4, 0.5) is 30.7 Å². The molecule has 20 heavy (non-hydrogen) atoms. The van der Waals surface area contributed by atoms with Crippen LogP contribution in [-0.2, 0) is 9.53 Å². The first-order valence-corrected chi connectivity index (χ1v) is 4.68. The fourth-order valence-corrected chi connectivity index (χ4v) is 0.865. The molecule has 0 rings (SSSR count). The molecule has 0 aromatic heterocycles. The summed E-state index contributed by atoms with van der Waals surface area (Å²) in [6.07, 6.45) is -7.04. The summed E-state index contributed by atoms with van der Waals surface area (Å²) >= 11 is 0. The minimum Gasteiger partial charge on any atom is -0.463 e. The van der Waals surface area contributed by atoms with E-state index in [0.717, 1.165) is 0 Å². The van der Waals surface area contributed by atoms with E-state index in [0.29, 0.717) is 0 Å². The van der Waals surface area contributed by atoms with Gasteiger partial charge in [0.2, 0.25) is 0 Å². The van der Waals surface area contributed by atoms with Gasteiger partial charge in [-0.15, -0.1) is 0 Å².